The number of nitrogens with zero attached hydrogens (tertiary/aromatic N) is 3. The van der Waals surface area contributed by atoms with E-state index >= 15 is 0 Å². The van der Waals surface area contributed by atoms with Crippen LogP contribution in [0.25, 0.3) is 88.7 Å². The highest BCUT2D eigenvalue weighted by Crippen LogP contribution is 2.37. The molecule has 3 nitrogen and oxygen atoms in total. The molecule has 0 spiro atoms. The predicted molar refractivity (Wildman–Crippen MR) is 200 cm³/mol. The van der Waals surface area contributed by atoms with E-state index in [4.69, 9.17) is 24.5 Å². The zero-order chi connectivity index (χ0) is 38.0. The van der Waals surface area contributed by atoms with Crippen LogP contribution in [0.1, 0.15) is 9.60 Å². The number of benzene rings is 8. The van der Waals surface area contributed by atoms with Gasteiger partial charge >= 0.3 is 0 Å². The molecule has 0 aliphatic carbocycles. The molecule has 0 saturated carbocycles. The van der Waals surface area contributed by atoms with Crippen LogP contribution >= 0.6 is 0 Å². The molecule has 9 rings (SSSR count). The Labute approximate surface area is 288 Å². The van der Waals surface area contributed by atoms with Gasteiger partial charge in [0.05, 0.1) is 9.60 Å². The summed E-state index contributed by atoms with van der Waals surface area (Å²) in [4.78, 5) is 14.8. The maximum atomic E-state index is 9.07. The zero-order valence-corrected chi connectivity index (χ0v) is 25.5. The third kappa shape index (κ3) is 4.90. The van der Waals surface area contributed by atoms with Gasteiger partial charge in [0, 0.05) is 16.7 Å². The first kappa shape index (κ1) is 21.4. The van der Waals surface area contributed by atoms with E-state index < -0.39 is 42.3 Å². The summed E-state index contributed by atoms with van der Waals surface area (Å²) in [5, 5.41) is 3.78. The third-order valence-corrected chi connectivity index (χ3v) is 8.64. The molecule has 48 heavy (non-hydrogen) atoms. The van der Waals surface area contributed by atoms with Gasteiger partial charge in [0.25, 0.3) is 0 Å². The van der Waals surface area contributed by atoms with Crippen molar-refractivity contribution in [2.75, 3.05) is 0 Å². The monoisotopic (exact) mass is 618 g/mol. The highest BCUT2D eigenvalue weighted by molar-refractivity contribution is 6.05. The number of hydrogen-bond donors (Lipinski definition) is 0. The average molecular weight is 619 g/mol. The fourth-order valence-electron chi connectivity index (χ4n) is 6.38. The predicted octanol–water partition coefficient (Wildman–Crippen LogP) is 11.7. The summed E-state index contributed by atoms with van der Waals surface area (Å²) in [6, 6.07) is 41.0. The van der Waals surface area contributed by atoms with Crippen LogP contribution in [0.4, 0.5) is 0 Å². The lowest BCUT2D eigenvalue weighted by molar-refractivity contribution is 1.08. The van der Waals surface area contributed by atoms with Gasteiger partial charge in [0.15, 0.2) is 17.5 Å². The van der Waals surface area contributed by atoms with Crippen LogP contribution in [0.15, 0.2) is 176 Å². The molecule has 0 aliphatic heterocycles. The van der Waals surface area contributed by atoms with Gasteiger partial charge in [-0.1, -0.05) is 170 Å². The van der Waals surface area contributed by atoms with Gasteiger partial charge in [-0.05, 0) is 60.6 Å². The number of aromatic nitrogens is 3. The molecule has 224 valence electrons. The van der Waals surface area contributed by atoms with Crippen molar-refractivity contribution in [3.05, 3.63) is 176 Å². The van der Waals surface area contributed by atoms with Gasteiger partial charge in [0.1, 0.15) is 0 Å². The van der Waals surface area contributed by atoms with E-state index in [9.17, 15) is 0 Å². The van der Waals surface area contributed by atoms with Crippen molar-refractivity contribution in [1.82, 2.24) is 15.0 Å². The Kier molecular flexibility index (Phi) is 5.22. The Morgan fingerprint density at radius 1 is 0.333 bits per heavy atom. The molecular weight excluding hydrogens is 583 g/mol. The molecule has 8 aromatic carbocycles. The summed E-state index contributed by atoms with van der Waals surface area (Å²) in [6.07, 6.45) is 0. The molecular formula is C45H29N3. The summed E-state index contributed by atoms with van der Waals surface area (Å²) in [5.74, 6) is 0.522. The zero-order valence-electron chi connectivity index (χ0n) is 32.5. The Bertz CT molecular complexity index is 3010. The maximum Gasteiger partial charge on any atom is 0.164 e. The van der Waals surface area contributed by atoms with Crippen molar-refractivity contribution >= 4 is 32.3 Å². The summed E-state index contributed by atoms with van der Waals surface area (Å²) < 4.78 is 60.8. The standard InChI is InChI=1S/C45H29N3/c1-2-13-30(14-3-1)37-27-28-38(40-24-9-8-23-39(37)40)33-19-10-20-34(29-33)43-46-44(41-25-11-17-31-15-4-6-21-35(31)41)48-45(47-43)42-26-12-18-32-16-5-7-22-36(32)42/h1-29H/i4D,6D,11D,15D,17D,21D,25D. The molecule has 0 bridgehead atoms. The normalized spacial score (nSPS) is 13.4. The lowest BCUT2D eigenvalue weighted by Crippen LogP contribution is -2.01. The Hall–Kier alpha value is -6.45. The van der Waals surface area contributed by atoms with E-state index in [-0.39, 0.29) is 33.8 Å². The molecule has 3 heteroatoms. The summed E-state index contributed by atoms with van der Waals surface area (Å²) in [5.41, 5.74) is 5.48. The minimum atomic E-state index is -0.525. The summed E-state index contributed by atoms with van der Waals surface area (Å²) >= 11 is 0. The van der Waals surface area contributed by atoms with Crippen molar-refractivity contribution in [2.45, 2.75) is 0 Å². The Balaban J connectivity index is 1.31. The molecule has 0 radical (unpaired) electrons. The first-order valence-corrected chi connectivity index (χ1v) is 15.6. The topological polar surface area (TPSA) is 38.7 Å². The maximum absolute atomic E-state index is 9.07. The van der Waals surface area contributed by atoms with Crippen LogP contribution in [0, 0.1) is 0 Å². The van der Waals surface area contributed by atoms with Crippen molar-refractivity contribution in [1.29, 1.82) is 0 Å². The van der Waals surface area contributed by atoms with E-state index in [1.165, 1.54) is 0 Å². The molecule has 0 aliphatic rings. The molecule has 1 heterocycles. The van der Waals surface area contributed by atoms with E-state index in [2.05, 4.69) is 36.4 Å². The molecule has 0 atom stereocenters. The fraction of sp³-hybridized carbons (Fsp3) is 0. The molecule has 0 N–H and O–H groups in total. The molecule has 0 unspecified atom stereocenters. The summed E-state index contributed by atoms with van der Waals surface area (Å²) in [6.45, 7) is 0. The third-order valence-electron chi connectivity index (χ3n) is 8.64. The van der Waals surface area contributed by atoms with Crippen molar-refractivity contribution in [3.63, 3.8) is 0 Å². The van der Waals surface area contributed by atoms with Crippen LogP contribution in [0.3, 0.4) is 0 Å². The quantitative estimate of drug-likeness (QED) is 0.193. The SMILES string of the molecule is [2H]c1c([2H])c([2H])c2c(-c3nc(-c4cccc(-c5ccc(-c6ccccc6)c6ccccc56)c4)nc(-c4cccc5ccccc45)n3)c([2H])c([2H])c([2H])c2c1[2H]. The molecule has 0 fully saturated rings. The second kappa shape index (κ2) is 11.7. The lowest BCUT2D eigenvalue weighted by atomic mass is 9.91. The van der Waals surface area contributed by atoms with E-state index in [1.807, 2.05) is 97.1 Å². The smallest absolute Gasteiger partial charge is 0.164 e. The fourth-order valence-corrected chi connectivity index (χ4v) is 6.38. The van der Waals surface area contributed by atoms with Gasteiger partial charge in [0.2, 0.25) is 0 Å². The van der Waals surface area contributed by atoms with Gasteiger partial charge in [-0.25, -0.2) is 15.0 Å². The van der Waals surface area contributed by atoms with Crippen LogP contribution in [-0.4, -0.2) is 15.0 Å². The van der Waals surface area contributed by atoms with Gasteiger partial charge < -0.3 is 0 Å². The highest BCUT2D eigenvalue weighted by atomic mass is 15.0. The average Bonchev–Trinajstić information content (AvgIpc) is 3.23. The minimum absolute atomic E-state index is 0.0375. The van der Waals surface area contributed by atoms with Crippen molar-refractivity contribution in [3.8, 4) is 56.4 Å². The molecule has 1 aromatic heterocycles. The number of hydrogen-bond acceptors (Lipinski definition) is 3. The molecule has 9 aromatic rings. The molecule has 0 saturated heterocycles. The van der Waals surface area contributed by atoms with Crippen LogP contribution in [-0.2, 0) is 0 Å². The van der Waals surface area contributed by atoms with Crippen molar-refractivity contribution < 1.29 is 9.60 Å². The minimum Gasteiger partial charge on any atom is -0.208 e. The highest BCUT2D eigenvalue weighted by Gasteiger charge is 2.17. The second-order valence-corrected chi connectivity index (χ2v) is 11.5. The van der Waals surface area contributed by atoms with Crippen LogP contribution in [0.5, 0.6) is 0 Å². The summed E-state index contributed by atoms with van der Waals surface area (Å²) in [7, 11) is 0. The van der Waals surface area contributed by atoms with Crippen molar-refractivity contribution in [2.24, 2.45) is 0 Å². The Morgan fingerprint density at radius 3 is 1.75 bits per heavy atom. The van der Waals surface area contributed by atoms with Gasteiger partial charge in [-0.3, -0.25) is 0 Å². The first-order chi connectivity index (χ1) is 26.7. The number of rotatable bonds is 5. The lowest BCUT2D eigenvalue weighted by Gasteiger charge is -2.14. The molecule has 0 amide bonds. The van der Waals surface area contributed by atoms with Gasteiger partial charge in [-0.15, -0.1) is 0 Å². The first-order valence-electron chi connectivity index (χ1n) is 19.1. The van der Waals surface area contributed by atoms with Crippen LogP contribution in [0.2, 0.25) is 0 Å². The van der Waals surface area contributed by atoms with Gasteiger partial charge in [-0.2, -0.15) is 0 Å². The van der Waals surface area contributed by atoms with E-state index in [0.29, 0.717) is 11.1 Å². The number of fused-ring (bicyclic) bond motifs is 3. The second-order valence-electron chi connectivity index (χ2n) is 11.5. The van der Waals surface area contributed by atoms with E-state index in [0.717, 1.165) is 43.8 Å². The largest absolute Gasteiger partial charge is 0.208 e. The Morgan fingerprint density at radius 2 is 0.917 bits per heavy atom. The van der Waals surface area contributed by atoms with E-state index in [1.54, 1.807) is 0 Å². The van der Waals surface area contributed by atoms with Crippen LogP contribution < -0.4 is 0 Å².